The van der Waals surface area contributed by atoms with Crippen LogP contribution < -0.4 is 11.2 Å². The number of aryl methyl sites for hydroxylation is 1. The van der Waals surface area contributed by atoms with Crippen LogP contribution in [0.1, 0.15) is 25.3 Å². The lowest BCUT2D eigenvalue weighted by Gasteiger charge is -2.14. The highest BCUT2D eigenvalue weighted by molar-refractivity contribution is 8.13. The van der Waals surface area contributed by atoms with Gasteiger partial charge in [-0.3, -0.25) is 19.1 Å². The number of nitrogens with one attached hydrogen (secondary N) is 2. The van der Waals surface area contributed by atoms with Gasteiger partial charge in [0, 0.05) is 19.7 Å². The third-order valence-corrected chi connectivity index (χ3v) is 3.98. The number of nitrogens with zero attached hydrogens (tertiary/aromatic N) is 2. The molecule has 22 heavy (non-hydrogen) atoms. The molecule has 0 fully saturated rings. The molecule has 4 N–H and O–H groups in total. The molecule has 2 rings (SSSR count). The Kier molecular flexibility index (Phi) is 4.84. The van der Waals surface area contributed by atoms with E-state index in [2.05, 4.69) is 15.0 Å². The topological polar surface area (TPSA) is 141 Å². The van der Waals surface area contributed by atoms with Gasteiger partial charge in [0.1, 0.15) is 17.4 Å². The number of aromatic amines is 2. The number of aliphatic hydroxyl groups is 2. The molecule has 0 saturated carbocycles. The number of carbonyl (C=O) groups is 1. The van der Waals surface area contributed by atoms with Gasteiger partial charge in [-0.1, -0.05) is 11.8 Å². The van der Waals surface area contributed by atoms with Crippen LogP contribution in [0.5, 0.6) is 0 Å². The average Bonchev–Trinajstić information content (AvgIpc) is 2.89. The van der Waals surface area contributed by atoms with Crippen molar-refractivity contribution in [1.82, 2.24) is 19.5 Å². The highest BCUT2D eigenvalue weighted by Gasteiger charge is 2.23. The molecule has 2 atom stereocenters. The number of hydrogen-bond donors (Lipinski definition) is 4. The first kappa shape index (κ1) is 16.5. The summed E-state index contributed by atoms with van der Waals surface area (Å²) in [5, 5.41) is 19.9. The van der Waals surface area contributed by atoms with E-state index in [1.807, 2.05) is 0 Å². The van der Waals surface area contributed by atoms with Gasteiger partial charge in [-0.25, -0.2) is 9.78 Å². The van der Waals surface area contributed by atoms with Gasteiger partial charge in [-0.05, 0) is 6.42 Å². The van der Waals surface area contributed by atoms with Crippen molar-refractivity contribution in [1.29, 1.82) is 0 Å². The number of aliphatic hydroxyl groups excluding tert-OH is 2. The Morgan fingerprint density at radius 1 is 1.36 bits per heavy atom. The van der Waals surface area contributed by atoms with Crippen LogP contribution in [-0.4, -0.2) is 46.7 Å². The smallest absolute Gasteiger partial charge is 0.329 e. The fourth-order valence-corrected chi connectivity index (χ4v) is 2.57. The summed E-state index contributed by atoms with van der Waals surface area (Å²) in [6.45, 7) is 1.42. The summed E-state index contributed by atoms with van der Waals surface area (Å²) >= 11 is 1.04. The van der Waals surface area contributed by atoms with E-state index < -0.39 is 23.5 Å². The van der Waals surface area contributed by atoms with E-state index >= 15 is 0 Å². The lowest BCUT2D eigenvalue weighted by atomic mass is 10.1. The lowest BCUT2D eigenvalue weighted by molar-refractivity contribution is -0.109. The van der Waals surface area contributed by atoms with Crippen LogP contribution in [0.2, 0.25) is 0 Å². The minimum atomic E-state index is -1.35. The molecule has 0 bridgehead atoms. The quantitative estimate of drug-likeness (QED) is 0.552. The van der Waals surface area contributed by atoms with Gasteiger partial charge in [0.05, 0.1) is 6.10 Å². The van der Waals surface area contributed by atoms with Crippen LogP contribution in [0.3, 0.4) is 0 Å². The van der Waals surface area contributed by atoms with Crippen LogP contribution in [-0.2, 0) is 11.8 Å². The van der Waals surface area contributed by atoms with E-state index in [1.54, 1.807) is 0 Å². The predicted molar refractivity (Wildman–Crippen MR) is 80.7 cm³/mol. The molecule has 0 saturated heterocycles. The molecule has 0 radical (unpaired) electrons. The number of rotatable bonds is 5. The average molecular weight is 328 g/mol. The van der Waals surface area contributed by atoms with Crippen LogP contribution in [0.25, 0.3) is 11.2 Å². The number of fused-ring (bicyclic) bond motifs is 1. The first-order valence-corrected chi connectivity index (χ1v) is 7.48. The minimum Gasteiger partial charge on any atom is -0.390 e. The van der Waals surface area contributed by atoms with Crippen LogP contribution >= 0.6 is 11.8 Å². The Morgan fingerprint density at radius 3 is 2.68 bits per heavy atom. The molecule has 0 aromatic carbocycles. The van der Waals surface area contributed by atoms with E-state index in [4.69, 9.17) is 0 Å². The molecule has 0 aliphatic rings. The number of H-pyrrole nitrogens is 2. The second-order valence-electron chi connectivity index (χ2n) is 4.78. The summed E-state index contributed by atoms with van der Waals surface area (Å²) < 4.78 is 1.13. The lowest BCUT2D eigenvalue weighted by Crippen LogP contribution is -2.28. The molecule has 0 amide bonds. The third kappa shape index (κ3) is 3.29. The molecule has 0 aliphatic carbocycles. The maximum Gasteiger partial charge on any atom is 0.329 e. The molecule has 2 aromatic rings. The van der Waals surface area contributed by atoms with E-state index in [1.165, 1.54) is 14.0 Å². The summed E-state index contributed by atoms with van der Waals surface area (Å²) in [6.07, 6.45) is -2.32. The summed E-state index contributed by atoms with van der Waals surface area (Å²) in [5.74, 6) is 0.342. The molecule has 120 valence electrons. The van der Waals surface area contributed by atoms with Crippen molar-refractivity contribution in [2.75, 3.05) is 5.75 Å². The maximum absolute atomic E-state index is 11.7. The Balaban J connectivity index is 2.25. The number of imidazole rings is 1. The van der Waals surface area contributed by atoms with Crippen LogP contribution in [0, 0.1) is 0 Å². The number of thioether (sulfide) groups is 1. The first-order chi connectivity index (χ1) is 10.3. The molecule has 2 aromatic heterocycles. The van der Waals surface area contributed by atoms with Gasteiger partial charge < -0.3 is 15.2 Å². The van der Waals surface area contributed by atoms with Crippen molar-refractivity contribution in [2.24, 2.45) is 7.05 Å². The normalized spacial score (nSPS) is 14.2. The Bertz CT molecular complexity index is 808. The SMILES string of the molecule is CC(=O)SCCC(O)C(O)c1nc2c([nH]1)c(=O)[nH]c(=O)n2C. The highest BCUT2D eigenvalue weighted by atomic mass is 32.2. The highest BCUT2D eigenvalue weighted by Crippen LogP contribution is 2.19. The van der Waals surface area contributed by atoms with Gasteiger partial charge in [-0.2, -0.15) is 0 Å². The molecule has 10 heteroatoms. The second kappa shape index (κ2) is 6.46. The summed E-state index contributed by atoms with van der Waals surface area (Å²) in [6, 6.07) is 0. The molecule has 2 heterocycles. The fourth-order valence-electron chi connectivity index (χ4n) is 1.93. The zero-order valence-electron chi connectivity index (χ0n) is 12.0. The first-order valence-electron chi connectivity index (χ1n) is 6.49. The van der Waals surface area contributed by atoms with Gasteiger partial charge in [0.2, 0.25) is 0 Å². The second-order valence-corrected chi connectivity index (χ2v) is 6.05. The number of carbonyl (C=O) groups excluding carboxylic acids is 1. The molecular formula is C12H16N4O5S. The summed E-state index contributed by atoms with van der Waals surface area (Å²) in [4.78, 5) is 42.7. The van der Waals surface area contributed by atoms with Gasteiger partial charge in [0.15, 0.2) is 10.8 Å². The number of hydrogen-bond acceptors (Lipinski definition) is 7. The Labute approximate surface area is 128 Å². The molecule has 0 aliphatic heterocycles. The summed E-state index contributed by atoms with van der Waals surface area (Å²) in [7, 11) is 1.43. The third-order valence-electron chi connectivity index (χ3n) is 3.14. The van der Waals surface area contributed by atoms with Crippen molar-refractivity contribution < 1.29 is 15.0 Å². The van der Waals surface area contributed by atoms with Crippen molar-refractivity contribution in [2.45, 2.75) is 25.6 Å². The van der Waals surface area contributed by atoms with Crippen molar-refractivity contribution >= 4 is 28.0 Å². The molecule has 2 unspecified atom stereocenters. The van der Waals surface area contributed by atoms with Crippen LogP contribution in [0.15, 0.2) is 9.59 Å². The summed E-state index contributed by atoms with van der Waals surface area (Å²) in [5.41, 5.74) is -1.14. The number of aromatic nitrogens is 4. The zero-order chi connectivity index (χ0) is 16.4. The molecule has 0 spiro atoms. The van der Waals surface area contributed by atoms with Crippen molar-refractivity contribution in [3.05, 3.63) is 26.7 Å². The van der Waals surface area contributed by atoms with Crippen molar-refractivity contribution in [3.63, 3.8) is 0 Å². The van der Waals surface area contributed by atoms with Crippen molar-refractivity contribution in [3.8, 4) is 0 Å². The minimum absolute atomic E-state index is 0.0120. The van der Waals surface area contributed by atoms with Gasteiger partial charge in [0.25, 0.3) is 5.56 Å². The standard InChI is InChI=1S/C12H16N4O5S/c1-5(17)22-4-3-6(18)8(19)9-13-7-10(14-9)16(2)12(21)15-11(7)20/h6,8,18-19H,3-4H2,1-2H3,(H,13,14)(H,15,20,21). The van der Waals surface area contributed by atoms with E-state index in [0.29, 0.717) is 5.75 Å². The largest absolute Gasteiger partial charge is 0.390 e. The van der Waals surface area contributed by atoms with Crippen LogP contribution in [0.4, 0.5) is 0 Å². The predicted octanol–water partition coefficient (Wildman–Crippen LogP) is -0.986. The Morgan fingerprint density at radius 2 is 2.05 bits per heavy atom. The van der Waals surface area contributed by atoms with Gasteiger partial charge >= 0.3 is 5.69 Å². The molecule has 9 nitrogen and oxygen atoms in total. The van der Waals surface area contributed by atoms with E-state index in [-0.39, 0.29) is 28.5 Å². The van der Waals surface area contributed by atoms with Gasteiger partial charge in [-0.15, -0.1) is 0 Å². The Hall–Kier alpha value is -1.91. The zero-order valence-corrected chi connectivity index (χ0v) is 12.8. The monoisotopic (exact) mass is 328 g/mol. The molecular weight excluding hydrogens is 312 g/mol. The van der Waals surface area contributed by atoms with E-state index in [9.17, 15) is 24.6 Å². The van der Waals surface area contributed by atoms with E-state index in [0.717, 1.165) is 16.3 Å². The fraction of sp³-hybridized carbons (Fsp3) is 0.500. The maximum atomic E-state index is 11.7.